The van der Waals surface area contributed by atoms with Crippen molar-refractivity contribution in [2.45, 2.75) is 4.90 Å². The Balaban J connectivity index is 1.73. The molecule has 0 aliphatic carbocycles. The number of hydrogen-bond donors (Lipinski definition) is 3. The van der Waals surface area contributed by atoms with Crippen LogP contribution in [0.5, 0.6) is 0 Å². The van der Waals surface area contributed by atoms with Gasteiger partial charge < -0.3 is 10.6 Å². The van der Waals surface area contributed by atoms with E-state index in [-0.39, 0.29) is 32.4 Å². The summed E-state index contributed by atoms with van der Waals surface area (Å²) in [6.45, 7) is 0. The summed E-state index contributed by atoms with van der Waals surface area (Å²) in [5.41, 5.74) is 0.318. The Bertz CT molecular complexity index is 1300. The summed E-state index contributed by atoms with van der Waals surface area (Å²) in [6, 6.07) is 12.0. The van der Waals surface area contributed by atoms with Gasteiger partial charge in [0.25, 0.3) is 21.8 Å². The van der Waals surface area contributed by atoms with Gasteiger partial charge in [-0.2, -0.15) is 0 Å². The molecular weight excluding hydrogens is 464 g/mol. The molecule has 0 atom stereocenters. The Labute approximate surface area is 187 Å². The highest BCUT2D eigenvalue weighted by Gasteiger charge is 2.17. The minimum atomic E-state index is -4.03. The van der Waals surface area contributed by atoms with E-state index in [0.717, 1.165) is 24.3 Å². The first-order valence-electron chi connectivity index (χ1n) is 9.01. The van der Waals surface area contributed by atoms with E-state index in [1.54, 1.807) is 0 Å². The standard InChI is InChI=1S/C21H16ClF2N3O4S/c1-25-21(29)16-10-14(6-8-18(16)23)26-20(28)12-2-4-13(5-3-12)27-32(30,31)15-7-9-19(24)17(22)11-15/h2-11,27H,1H3,(H,25,29)(H,26,28). The van der Waals surface area contributed by atoms with Crippen LogP contribution >= 0.6 is 11.6 Å². The molecule has 0 aromatic heterocycles. The number of amides is 2. The van der Waals surface area contributed by atoms with Crippen LogP contribution in [0.2, 0.25) is 5.02 Å². The first-order chi connectivity index (χ1) is 15.1. The number of carbonyl (C=O) groups excluding carboxylic acids is 2. The van der Waals surface area contributed by atoms with E-state index < -0.39 is 33.5 Å². The Hall–Kier alpha value is -3.50. The normalized spacial score (nSPS) is 11.0. The van der Waals surface area contributed by atoms with Crippen LogP contribution in [0.3, 0.4) is 0 Å². The molecule has 11 heteroatoms. The minimum Gasteiger partial charge on any atom is -0.355 e. The van der Waals surface area contributed by atoms with Gasteiger partial charge >= 0.3 is 0 Å². The number of halogens is 3. The molecule has 3 rings (SSSR count). The number of benzene rings is 3. The summed E-state index contributed by atoms with van der Waals surface area (Å²) in [6.07, 6.45) is 0. The molecule has 0 bridgehead atoms. The predicted octanol–water partition coefficient (Wildman–Crippen LogP) is 4.03. The summed E-state index contributed by atoms with van der Waals surface area (Å²) in [4.78, 5) is 23.9. The molecule has 0 spiro atoms. The van der Waals surface area contributed by atoms with E-state index in [0.29, 0.717) is 0 Å². The fraction of sp³-hybridized carbons (Fsp3) is 0.0476. The molecule has 32 heavy (non-hydrogen) atoms. The van der Waals surface area contributed by atoms with Crippen molar-refractivity contribution in [2.24, 2.45) is 0 Å². The van der Waals surface area contributed by atoms with Crippen molar-refractivity contribution in [3.8, 4) is 0 Å². The molecule has 2 amide bonds. The predicted molar refractivity (Wildman–Crippen MR) is 116 cm³/mol. The summed E-state index contributed by atoms with van der Waals surface area (Å²) in [5, 5.41) is 4.51. The van der Waals surface area contributed by atoms with Crippen molar-refractivity contribution in [3.63, 3.8) is 0 Å². The zero-order valence-corrected chi connectivity index (χ0v) is 18.0. The summed E-state index contributed by atoms with van der Waals surface area (Å²) in [5.74, 6) is -2.68. The van der Waals surface area contributed by atoms with Gasteiger partial charge in [-0.15, -0.1) is 0 Å². The lowest BCUT2D eigenvalue weighted by atomic mass is 10.1. The second-order valence-corrected chi connectivity index (χ2v) is 8.58. The Morgan fingerprint density at radius 2 is 1.47 bits per heavy atom. The van der Waals surface area contributed by atoms with Crippen molar-refractivity contribution in [1.82, 2.24) is 5.32 Å². The summed E-state index contributed by atoms with van der Waals surface area (Å²) >= 11 is 5.63. The molecular formula is C21H16ClF2N3O4S. The topological polar surface area (TPSA) is 104 Å². The van der Waals surface area contributed by atoms with Crippen LogP contribution in [0.25, 0.3) is 0 Å². The average Bonchev–Trinajstić information content (AvgIpc) is 2.76. The number of carbonyl (C=O) groups is 2. The highest BCUT2D eigenvalue weighted by atomic mass is 35.5. The summed E-state index contributed by atoms with van der Waals surface area (Å²) in [7, 11) is -2.67. The fourth-order valence-electron chi connectivity index (χ4n) is 2.66. The van der Waals surface area contributed by atoms with Gasteiger partial charge in [0.1, 0.15) is 11.6 Å². The largest absolute Gasteiger partial charge is 0.355 e. The van der Waals surface area contributed by atoms with Crippen molar-refractivity contribution < 1.29 is 26.8 Å². The van der Waals surface area contributed by atoms with Crippen molar-refractivity contribution in [2.75, 3.05) is 17.1 Å². The smallest absolute Gasteiger partial charge is 0.261 e. The molecule has 7 nitrogen and oxygen atoms in total. The number of nitrogens with one attached hydrogen (secondary N) is 3. The maximum atomic E-state index is 13.8. The summed E-state index contributed by atoms with van der Waals surface area (Å²) < 4.78 is 54.2. The first-order valence-corrected chi connectivity index (χ1v) is 10.9. The van der Waals surface area contributed by atoms with Gasteiger partial charge in [-0.1, -0.05) is 11.6 Å². The molecule has 0 radical (unpaired) electrons. The Kier molecular flexibility index (Phi) is 6.75. The van der Waals surface area contributed by atoms with Crippen LogP contribution in [0.15, 0.2) is 65.6 Å². The molecule has 3 N–H and O–H groups in total. The molecule has 0 unspecified atom stereocenters. The number of hydrogen-bond acceptors (Lipinski definition) is 4. The lowest BCUT2D eigenvalue weighted by Gasteiger charge is -2.10. The second-order valence-electron chi connectivity index (χ2n) is 6.49. The molecule has 0 saturated heterocycles. The third kappa shape index (κ3) is 5.21. The lowest BCUT2D eigenvalue weighted by molar-refractivity contribution is 0.0957. The molecule has 3 aromatic carbocycles. The van der Waals surface area contributed by atoms with Gasteiger partial charge in [0, 0.05) is 24.0 Å². The number of sulfonamides is 1. The quantitative estimate of drug-likeness (QED) is 0.496. The van der Waals surface area contributed by atoms with Gasteiger partial charge in [0.15, 0.2) is 0 Å². The molecule has 0 saturated carbocycles. The van der Waals surface area contributed by atoms with Gasteiger partial charge in [-0.3, -0.25) is 14.3 Å². The van der Waals surface area contributed by atoms with Gasteiger partial charge in [-0.25, -0.2) is 17.2 Å². The van der Waals surface area contributed by atoms with E-state index in [1.807, 2.05) is 0 Å². The first kappa shape index (κ1) is 23.2. The van der Waals surface area contributed by atoms with Crippen molar-refractivity contribution in [3.05, 3.63) is 88.4 Å². The minimum absolute atomic E-state index is 0.158. The zero-order valence-electron chi connectivity index (χ0n) is 16.4. The van der Waals surface area contributed by atoms with Crippen molar-refractivity contribution >= 4 is 44.8 Å². The van der Waals surface area contributed by atoms with E-state index in [1.165, 1.54) is 43.4 Å². The maximum absolute atomic E-state index is 13.8. The Morgan fingerprint density at radius 1 is 0.844 bits per heavy atom. The van der Waals surface area contributed by atoms with Crippen LogP contribution in [-0.2, 0) is 10.0 Å². The lowest BCUT2D eigenvalue weighted by Crippen LogP contribution is -2.20. The van der Waals surface area contributed by atoms with Crippen molar-refractivity contribution in [1.29, 1.82) is 0 Å². The second kappa shape index (κ2) is 9.33. The molecule has 166 valence electrons. The van der Waals surface area contributed by atoms with Crippen LogP contribution in [0, 0.1) is 11.6 Å². The van der Waals surface area contributed by atoms with Crippen LogP contribution in [-0.4, -0.2) is 27.3 Å². The Morgan fingerprint density at radius 3 is 2.09 bits per heavy atom. The van der Waals surface area contributed by atoms with Crippen LogP contribution in [0.4, 0.5) is 20.2 Å². The van der Waals surface area contributed by atoms with Crippen LogP contribution in [0.1, 0.15) is 20.7 Å². The average molecular weight is 480 g/mol. The third-order valence-electron chi connectivity index (χ3n) is 4.30. The van der Waals surface area contributed by atoms with Gasteiger partial charge in [0.2, 0.25) is 0 Å². The molecule has 0 heterocycles. The van der Waals surface area contributed by atoms with E-state index in [9.17, 15) is 26.8 Å². The van der Waals surface area contributed by atoms with E-state index >= 15 is 0 Å². The molecule has 0 fully saturated rings. The number of anilines is 2. The molecule has 3 aromatic rings. The molecule has 0 aliphatic rings. The zero-order chi connectivity index (χ0) is 23.5. The number of rotatable bonds is 6. The van der Waals surface area contributed by atoms with E-state index in [4.69, 9.17) is 11.6 Å². The maximum Gasteiger partial charge on any atom is 0.261 e. The SMILES string of the molecule is CNC(=O)c1cc(NC(=O)c2ccc(NS(=O)(=O)c3ccc(F)c(Cl)c3)cc2)ccc1F. The molecule has 0 aliphatic heterocycles. The van der Waals surface area contributed by atoms with Gasteiger partial charge in [-0.05, 0) is 60.7 Å². The van der Waals surface area contributed by atoms with Gasteiger partial charge in [0.05, 0.1) is 15.5 Å². The third-order valence-corrected chi connectivity index (χ3v) is 5.97. The highest BCUT2D eigenvalue weighted by molar-refractivity contribution is 7.92. The monoisotopic (exact) mass is 479 g/mol. The fourth-order valence-corrected chi connectivity index (χ4v) is 3.99. The van der Waals surface area contributed by atoms with E-state index in [2.05, 4.69) is 15.4 Å². The highest BCUT2D eigenvalue weighted by Crippen LogP contribution is 2.22. The van der Waals surface area contributed by atoms with Crippen LogP contribution < -0.4 is 15.4 Å².